The average Bonchev–Trinajstić information content (AvgIpc) is 2.17. The molecule has 1 aliphatic rings. The van der Waals surface area contributed by atoms with Gasteiger partial charge in [0.05, 0.1) is 4.90 Å². The van der Waals surface area contributed by atoms with Gasteiger partial charge in [-0.2, -0.15) is 0 Å². The average molecular weight is 197 g/mol. The number of rotatable bonds is 1. The molecule has 13 heavy (non-hydrogen) atoms. The molecule has 0 saturated heterocycles. The minimum Gasteiger partial charge on any atom is -0.312 e. The van der Waals surface area contributed by atoms with E-state index in [0.29, 0.717) is 4.90 Å². The van der Waals surface area contributed by atoms with Crippen molar-refractivity contribution < 1.29 is 8.76 Å². The van der Waals surface area contributed by atoms with Gasteiger partial charge >= 0.3 is 0 Å². The fraction of sp³-hybridized carbons (Fsp3) is 0.333. The van der Waals surface area contributed by atoms with Gasteiger partial charge in [-0.25, -0.2) is 4.21 Å². The van der Waals surface area contributed by atoms with Gasteiger partial charge in [0.1, 0.15) is 0 Å². The molecule has 0 spiro atoms. The molecule has 1 unspecified atom stereocenters. The third-order valence-electron chi connectivity index (χ3n) is 2.27. The fourth-order valence-corrected chi connectivity index (χ4v) is 1.99. The molecule has 0 bridgehead atoms. The normalized spacial score (nSPS) is 17.9. The van der Waals surface area contributed by atoms with E-state index < -0.39 is 11.1 Å². The minimum atomic E-state index is -1.85. The van der Waals surface area contributed by atoms with Crippen LogP contribution < -0.4 is 5.32 Å². The number of hydrogen-bond acceptors (Lipinski definition) is 2. The molecule has 0 fully saturated rings. The highest BCUT2D eigenvalue weighted by molar-refractivity contribution is 7.79. The second kappa shape index (κ2) is 3.57. The van der Waals surface area contributed by atoms with E-state index in [2.05, 4.69) is 5.32 Å². The predicted octanol–water partition coefficient (Wildman–Crippen LogP) is 0.913. The molecule has 70 valence electrons. The summed E-state index contributed by atoms with van der Waals surface area (Å²) < 4.78 is 19.7. The molecule has 4 heteroatoms. The van der Waals surface area contributed by atoms with Gasteiger partial charge in [0.2, 0.25) is 0 Å². The summed E-state index contributed by atoms with van der Waals surface area (Å²) >= 11 is -1.85. The maximum Gasteiger partial charge on any atom is 0.186 e. The lowest BCUT2D eigenvalue weighted by molar-refractivity contribution is 0.563. The largest absolute Gasteiger partial charge is 0.312 e. The SMILES string of the molecule is O=S(O)c1ccc2c(c1)CCNC2. The monoisotopic (exact) mass is 197 g/mol. The van der Waals surface area contributed by atoms with E-state index in [4.69, 9.17) is 4.55 Å². The van der Waals surface area contributed by atoms with Crippen LogP contribution in [0, 0.1) is 0 Å². The van der Waals surface area contributed by atoms with Gasteiger partial charge in [-0.15, -0.1) is 0 Å². The Labute approximate surface area is 79.4 Å². The third kappa shape index (κ3) is 1.80. The molecule has 1 aromatic carbocycles. The first-order chi connectivity index (χ1) is 6.27. The van der Waals surface area contributed by atoms with Crippen LogP contribution in [0.15, 0.2) is 23.1 Å². The van der Waals surface area contributed by atoms with Crippen molar-refractivity contribution >= 4 is 11.1 Å². The van der Waals surface area contributed by atoms with Crippen molar-refractivity contribution in [1.29, 1.82) is 0 Å². The molecule has 0 radical (unpaired) electrons. The topological polar surface area (TPSA) is 49.3 Å². The second-order valence-corrected chi connectivity index (χ2v) is 4.08. The zero-order valence-electron chi connectivity index (χ0n) is 7.12. The standard InChI is InChI=1S/C9H11NO2S/c11-13(12)9-2-1-8-6-10-4-3-7(8)5-9/h1-2,5,10H,3-4,6H2,(H,11,12). The lowest BCUT2D eigenvalue weighted by Gasteiger charge is -2.16. The Hall–Kier alpha value is -0.710. The van der Waals surface area contributed by atoms with E-state index in [9.17, 15) is 4.21 Å². The number of hydrogen-bond donors (Lipinski definition) is 2. The summed E-state index contributed by atoms with van der Waals surface area (Å²) in [6.07, 6.45) is 0.945. The molecule has 0 aromatic heterocycles. The summed E-state index contributed by atoms with van der Waals surface area (Å²) in [5.74, 6) is 0. The van der Waals surface area contributed by atoms with Crippen molar-refractivity contribution in [2.45, 2.75) is 17.9 Å². The van der Waals surface area contributed by atoms with Crippen LogP contribution in [0.25, 0.3) is 0 Å². The molecule has 0 aliphatic carbocycles. The van der Waals surface area contributed by atoms with E-state index in [1.54, 1.807) is 6.07 Å². The predicted molar refractivity (Wildman–Crippen MR) is 50.9 cm³/mol. The van der Waals surface area contributed by atoms with Crippen molar-refractivity contribution in [1.82, 2.24) is 5.32 Å². The summed E-state index contributed by atoms with van der Waals surface area (Å²) in [5.41, 5.74) is 2.43. The first kappa shape index (κ1) is 8.87. The van der Waals surface area contributed by atoms with Gasteiger partial charge in [0.15, 0.2) is 11.1 Å². The highest BCUT2D eigenvalue weighted by Crippen LogP contribution is 2.17. The zero-order chi connectivity index (χ0) is 9.26. The van der Waals surface area contributed by atoms with Crippen molar-refractivity contribution in [3.05, 3.63) is 29.3 Å². The summed E-state index contributed by atoms with van der Waals surface area (Å²) in [4.78, 5) is 0.501. The second-order valence-electron chi connectivity index (χ2n) is 3.11. The summed E-state index contributed by atoms with van der Waals surface area (Å²) in [6, 6.07) is 5.46. The maximum absolute atomic E-state index is 10.8. The highest BCUT2D eigenvalue weighted by Gasteiger charge is 2.10. The molecule has 3 nitrogen and oxygen atoms in total. The first-order valence-electron chi connectivity index (χ1n) is 4.21. The third-order valence-corrected chi connectivity index (χ3v) is 2.92. The van der Waals surface area contributed by atoms with Gasteiger partial charge < -0.3 is 9.87 Å². The lowest BCUT2D eigenvalue weighted by Crippen LogP contribution is -2.23. The Morgan fingerprint density at radius 1 is 1.38 bits per heavy atom. The molecule has 2 rings (SSSR count). The maximum atomic E-state index is 10.8. The van der Waals surface area contributed by atoms with E-state index >= 15 is 0 Å². The van der Waals surface area contributed by atoms with E-state index in [1.807, 2.05) is 12.1 Å². The van der Waals surface area contributed by atoms with Crippen LogP contribution in [0.1, 0.15) is 11.1 Å². The van der Waals surface area contributed by atoms with Crippen molar-refractivity contribution in [3.8, 4) is 0 Å². The van der Waals surface area contributed by atoms with Crippen molar-refractivity contribution in [3.63, 3.8) is 0 Å². The first-order valence-corrected chi connectivity index (χ1v) is 5.31. The van der Waals surface area contributed by atoms with E-state index in [0.717, 1.165) is 19.5 Å². The molecule has 1 aliphatic heterocycles. The Bertz CT molecular complexity index is 351. The van der Waals surface area contributed by atoms with Crippen LogP contribution in [0.5, 0.6) is 0 Å². The molecular weight excluding hydrogens is 186 g/mol. The Kier molecular flexibility index (Phi) is 2.44. The molecule has 1 aromatic rings. The van der Waals surface area contributed by atoms with Gasteiger partial charge in [-0.3, -0.25) is 0 Å². The van der Waals surface area contributed by atoms with Crippen LogP contribution in [0.3, 0.4) is 0 Å². The molecule has 0 amide bonds. The lowest BCUT2D eigenvalue weighted by atomic mass is 10.0. The zero-order valence-corrected chi connectivity index (χ0v) is 7.93. The van der Waals surface area contributed by atoms with Gasteiger partial charge in [0, 0.05) is 6.54 Å². The fourth-order valence-electron chi connectivity index (χ4n) is 1.56. The summed E-state index contributed by atoms with van der Waals surface area (Å²) in [7, 11) is 0. The highest BCUT2D eigenvalue weighted by atomic mass is 32.2. The van der Waals surface area contributed by atoms with Crippen LogP contribution in [0.4, 0.5) is 0 Å². The number of fused-ring (bicyclic) bond motifs is 1. The van der Waals surface area contributed by atoms with Crippen LogP contribution in [-0.2, 0) is 24.0 Å². The quantitative estimate of drug-likeness (QED) is 0.658. The molecule has 1 atom stereocenters. The Balaban J connectivity index is 2.40. The van der Waals surface area contributed by atoms with Crippen molar-refractivity contribution in [2.24, 2.45) is 0 Å². The van der Waals surface area contributed by atoms with Crippen LogP contribution in [-0.4, -0.2) is 15.3 Å². The minimum absolute atomic E-state index is 0.501. The van der Waals surface area contributed by atoms with E-state index in [-0.39, 0.29) is 0 Å². The van der Waals surface area contributed by atoms with Gasteiger partial charge in [0.25, 0.3) is 0 Å². The van der Waals surface area contributed by atoms with E-state index in [1.165, 1.54) is 11.1 Å². The van der Waals surface area contributed by atoms with Crippen LogP contribution in [0.2, 0.25) is 0 Å². The molecule has 1 heterocycles. The molecule has 0 saturated carbocycles. The van der Waals surface area contributed by atoms with Gasteiger partial charge in [-0.05, 0) is 36.2 Å². The summed E-state index contributed by atoms with van der Waals surface area (Å²) in [5, 5.41) is 3.25. The number of benzene rings is 1. The number of nitrogens with one attached hydrogen (secondary N) is 1. The van der Waals surface area contributed by atoms with Gasteiger partial charge in [-0.1, -0.05) is 6.07 Å². The Morgan fingerprint density at radius 2 is 2.23 bits per heavy atom. The van der Waals surface area contributed by atoms with Crippen LogP contribution >= 0.6 is 0 Å². The molecule has 2 N–H and O–H groups in total. The molecular formula is C9H11NO2S. The Morgan fingerprint density at radius 3 is 3.00 bits per heavy atom. The van der Waals surface area contributed by atoms with Crippen molar-refractivity contribution in [2.75, 3.05) is 6.54 Å². The summed E-state index contributed by atoms with van der Waals surface area (Å²) in [6.45, 7) is 1.82. The smallest absolute Gasteiger partial charge is 0.186 e.